The number of thioether (sulfide) groups is 2. The molecule has 40 heavy (non-hydrogen) atoms. The highest BCUT2D eigenvalue weighted by Gasteiger charge is 2.40. The molecule has 2 rings (SSSR count). The third-order valence-corrected chi connectivity index (χ3v) is 9.02. The Bertz CT molecular complexity index is 915. The Kier molecular flexibility index (Phi) is 15.1. The van der Waals surface area contributed by atoms with Gasteiger partial charge in [-0.1, -0.05) is 63.1 Å². The van der Waals surface area contributed by atoms with Gasteiger partial charge in [-0.25, -0.2) is 0 Å². The van der Waals surface area contributed by atoms with E-state index in [4.69, 9.17) is 0 Å². The molecule has 2 heterocycles. The molecule has 0 unspecified atom stereocenters. The first kappa shape index (κ1) is 34.1. The fourth-order valence-corrected chi connectivity index (χ4v) is 6.31. The summed E-state index contributed by atoms with van der Waals surface area (Å²) in [6.45, 7) is 7.16. The van der Waals surface area contributed by atoms with Crippen molar-refractivity contribution >= 4 is 57.4 Å². The number of nitrogens with one attached hydrogen (secondary N) is 3. The Morgan fingerprint density at radius 1 is 0.775 bits per heavy atom. The summed E-state index contributed by atoms with van der Waals surface area (Å²) in [6, 6.07) is -3.14. The maximum absolute atomic E-state index is 13.7. The maximum Gasteiger partial charge on any atom is 0.245 e. The second-order valence-electron chi connectivity index (χ2n) is 10.9. The quantitative estimate of drug-likeness (QED) is 0.275. The van der Waals surface area contributed by atoms with Gasteiger partial charge in [0.25, 0.3) is 0 Å². The lowest BCUT2D eigenvalue weighted by Crippen LogP contribution is -2.62. The minimum Gasteiger partial charge on any atom is -0.343 e. The first-order chi connectivity index (χ1) is 19.0. The average molecular weight is 599 g/mol. The molecule has 0 aliphatic carbocycles. The standard InChI is InChI=1S/C28H46N4O6S2/c1-18(2)24-27(37)30-22(13-8-6-10-17-40-20(4)34)28(38)32-15-11-14-23(32)26(36)29-21(25(35)31-24)12-7-5-9-16-39-19(3)33/h18,21-24H,5-17H2,1-4H3,(H,29,36)(H,30,37)(H,31,35)/t21-,22-,23-,24-/m0/s1. The zero-order valence-electron chi connectivity index (χ0n) is 24.3. The number of fused-ring (bicyclic) bond motifs is 1. The van der Waals surface area contributed by atoms with E-state index < -0.39 is 36.0 Å². The van der Waals surface area contributed by atoms with Crippen molar-refractivity contribution in [2.45, 2.75) is 116 Å². The predicted molar refractivity (Wildman–Crippen MR) is 159 cm³/mol. The van der Waals surface area contributed by atoms with Crippen molar-refractivity contribution in [3.63, 3.8) is 0 Å². The zero-order valence-corrected chi connectivity index (χ0v) is 25.9. The summed E-state index contributed by atoms with van der Waals surface area (Å²) >= 11 is 2.55. The van der Waals surface area contributed by atoms with E-state index in [-0.39, 0.29) is 28.0 Å². The van der Waals surface area contributed by atoms with Crippen molar-refractivity contribution in [3.8, 4) is 0 Å². The third-order valence-electron chi connectivity index (χ3n) is 7.22. The molecule has 0 bridgehead atoms. The number of amides is 4. The molecule has 0 spiro atoms. The molecule has 2 saturated heterocycles. The SMILES string of the molecule is CC(=O)SCCCCC[C@@H]1NC(=O)[C@@H]2CCCN2C(=O)[C@H](CCCCCSC(C)=O)NC(=O)[C@H](C(C)C)NC1=O. The second-order valence-corrected chi connectivity index (χ2v) is 13.5. The van der Waals surface area contributed by atoms with Gasteiger partial charge in [0, 0.05) is 31.9 Å². The van der Waals surface area contributed by atoms with Gasteiger partial charge in [-0.05, 0) is 44.4 Å². The smallest absolute Gasteiger partial charge is 0.245 e. The van der Waals surface area contributed by atoms with Crippen LogP contribution in [-0.4, -0.2) is 81.0 Å². The van der Waals surface area contributed by atoms with Crippen LogP contribution in [0.15, 0.2) is 0 Å². The van der Waals surface area contributed by atoms with Crippen LogP contribution in [-0.2, 0) is 28.8 Å². The molecule has 2 aliphatic heterocycles. The van der Waals surface area contributed by atoms with Crippen LogP contribution >= 0.6 is 23.5 Å². The van der Waals surface area contributed by atoms with Gasteiger partial charge in [-0.3, -0.25) is 28.8 Å². The van der Waals surface area contributed by atoms with Gasteiger partial charge in [-0.2, -0.15) is 0 Å². The van der Waals surface area contributed by atoms with E-state index in [2.05, 4.69) is 16.0 Å². The van der Waals surface area contributed by atoms with E-state index >= 15 is 0 Å². The number of unbranched alkanes of at least 4 members (excludes halogenated alkanes) is 4. The minimum atomic E-state index is -0.852. The zero-order chi connectivity index (χ0) is 29.7. The predicted octanol–water partition coefficient (Wildman–Crippen LogP) is 2.78. The molecular formula is C28H46N4O6S2. The lowest BCUT2D eigenvalue weighted by atomic mass is 9.99. The molecule has 3 N–H and O–H groups in total. The number of nitrogens with zero attached hydrogens (tertiary/aromatic N) is 1. The van der Waals surface area contributed by atoms with E-state index in [0.717, 1.165) is 25.7 Å². The van der Waals surface area contributed by atoms with Crippen LogP contribution < -0.4 is 16.0 Å². The summed E-state index contributed by atoms with van der Waals surface area (Å²) in [4.78, 5) is 77.6. The van der Waals surface area contributed by atoms with Crippen LogP contribution in [0.3, 0.4) is 0 Å². The Morgan fingerprint density at radius 3 is 1.88 bits per heavy atom. The van der Waals surface area contributed by atoms with Gasteiger partial charge in [0.1, 0.15) is 24.2 Å². The number of carbonyl (C=O) groups excluding carboxylic acids is 6. The van der Waals surface area contributed by atoms with Gasteiger partial charge in [-0.15, -0.1) is 0 Å². The summed E-state index contributed by atoms with van der Waals surface area (Å²) in [7, 11) is 0. The molecule has 4 atom stereocenters. The average Bonchev–Trinajstić information content (AvgIpc) is 3.38. The molecule has 2 aliphatic rings. The highest BCUT2D eigenvalue weighted by molar-refractivity contribution is 8.13. The van der Waals surface area contributed by atoms with Crippen molar-refractivity contribution < 1.29 is 28.8 Å². The molecule has 10 nitrogen and oxygen atoms in total. The summed E-state index contributed by atoms with van der Waals surface area (Å²) in [6.07, 6.45) is 6.63. The molecule has 4 amide bonds. The molecule has 0 radical (unpaired) electrons. The van der Waals surface area contributed by atoms with Gasteiger partial charge in [0.05, 0.1) is 0 Å². The van der Waals surface area contributed by atoms with E-state index in [1.54, 1.807) is 4.90 Å². The Balaban J connectivity index is 2.15. The van der Waals surface area contributed by atoms with Gasteiger partial charge in [0.15, 0.2) is 10.2 Å². The summed E-state index contributed by atoms with van der Waals surface area (Å²) in [5.41, 5.74) is 0. The molecule has 0 saturated carbocycles. The molecular weight excluding hydrogens is 552 g/mol. The lowest BCUT2D eigenvalue weighted by Gasteiger charge is -2.33. The molecule has 226 valence electrons. The fourth-order valence-electron chi connectivity index (χ4n) is 5.03. The number of hydrogen-bond acceptors (Lipinski definition) is 8. The summed E-state index contributed by atoms with van der Waals surface area (Å²) in [5.74, 6) is -0.219. The largest absolute Gasteiger partial charge is 0.343 e. The topological polar surface area (TPSA) is 142 Å². The van der Waals surface area contributed by atoms with Crippen molar-refractivity contribution in [2.75, 3.05) is 18.1 Å². The van der Waals surface area contributed by atoms with Crippen LogP contribution in [0.2, 0.25) is 0 Å². The lowest BCUT2D eigenvalue weighted by molar-refractivity contribution is -0.144. The normalized spacial score (nSPS) is 24.1. The molecule has 0 aromatic heterocycles. The first-order valence-electron chi connectivity index (χ1n) is 14.5. The Morgan fingerprint density at radius 2 is 1.32 bits per heavy atom. The Labute approximate surface area is 246 Å². The summed E-state index contributed by atoms with van der Waals surface area (Å²) < 4.78 is 0. The van der Waals surface area contributed by atoms with Crippen molar-refractivity contribution in [3.05, 3.63) is 0 Å². The van der Waals surface area contributed by atoms with Crippen molar-refractivity contribution in [2.24, 2.45) is 5.92 Å². The summed E-state index contributed by atoms with van der Waals surface area (Å²) in [5, 5.41) is 8.77. The fraction of sp³-hybridized carbons (Fsp3) is 0.786. The molecule has 0 aromatic carbocycles. The van der Waals surface area contributed by atoms with E-state index in [1.165, 1.54) is 37.4 Å². The Hall–Kier alpha value is -2.08. The maximum atomic E-state index is 13.7. The highest BCUT2D eigenvalue weighted by atomic mass is 32.2. The highest BCUT2D eigenvalue weighted by Crippen LogP contribution is 2.22. The first-order valence-corrected chi connectivity index (χ1v) is 16.5. The molecule has 2 fully saturated rings. The number of carbonyl (C=O) groups is 6. The van der Waals surface area contributed by atoms with Crippen molar-refractivity contribution in [1.29, 1.82) is 0 Å². The second kappa shape index (κ2) is 17.7. The third kappa shape index (κ3) is 11.4. The van der Waals surface area contributed by atoms with Crippen molar-refractivity contribution in [1.82, 2.24) is 20.9 Å². The van der Waals surface area contributed by atoms with Crippen LogP contribution in [0.5, 0.6) is 0 Å². The van der Waals surface area contributed by atoms with Crippen LogP contribution in [0.4, 0.5) is 0 Å². The number of hydrogen-bond donors (Lipinski definition) is 3. The van der Waals surface area contributed by atoms with Crippen LogP contribution in [0.1, 0.15) is 91.9 Å². The van der Waals surface area contributed by atoms with Gasteiger partial charge >= 0.3 is 0 Å². The van der Waals surface area contributed by atoms with Crippen LogP contribution in [0.25, 0.3) is 0 Å². The number of rotatable bonds is 13. The van der Waals surface area contributed by atoms with Crippen LogP contribution in [0, 0.1) is 5.92 Å². The molecule has 12 heteroatoms. The van der Waals surface area contributed by atoms with Gasteiger partial charge in [0.2, 0.25) is 23.6 Å². The monoisotopic (exact) mass is 598 g/mol. The minimum absolute atomic E-state index is 0.0747. The molecule has 0 aromatic rings. The van der Waals surface area contributed by atoms with E-state index in [1.807, 2.05) is 13.8 Å². The van der Waals surface area contributed by atoms with Gasteiger partial charge < -0.3 is 20.9 Å². The van der Waals surface area contributed by atoms with E-state index in [9.17, 15) is 28.8 Å². The van der Waals surface area contributed by atoms with E-state index in [0.29, 0.717) is 56.6 Å².